The van der Waals surface area contributed by atoms with Gasteiger partial charge in [-0.3, -0.25) is 4.40 Å². The highest BCUT2D eigenvalue weighted by Gasteiger charge is 2.15. The van der Waals surface area contributed by atoms with Gasteiger partial charge in [-0.2, -0.15) is 0 Å². The molecule has 0 saturated carbocycles. The molecule has 0 N–H and O–H groups in total. The minimum Gasteiger partial charge on any atom is -0.497 e. The summed E-state index contributed by atoms with van der Waals surface area (Å²) < 4.78 is 12.3. The molecule has 0 fully saturated rings. The smallest absolute Gasteiger partial charge is 0.198 e. The van der Waals surface area contributed by atoms with Crippen LogP contribution in [-0.4, -0.2) is 33.8 Å². The Morgan fingerprint density at radius 1 is 1.15 bits per heavy atom. The van der Waals surface area contributed by atoms with E-state index in [0.29, 0.717) is 28.1 Å². The molecular formula is C13H11ClN4O2. The minimum absolute atomic E-state index is 0.304. The van der Waals surface area contributed by atoms with Crippen molar-refractivity contribution in [2.24, 2.45) is 0 Å². The van der Waals surface area contributed by atoms with Crippen molar-refractivity contribution in [3.8, 4) is 22.9 Å². The van der Waals surface area contributed by atoms with E-state index < -0.39 is 0 Å². The van der Waals surface area contributed by atoms with E-state index in [0.717, 1.165) is 5.56 Å². The SMILES string of the molecule is COc1ccc(-c2nnc3c(Cl)nccn23)c(OC)c1. The maximum Gasteiger partial charge on any atom is 0.198 e. The number of rotatable bonds is 3. The van der Waals surface area contributed by atoms with Gasteiger partial charge in [-0.05, 0) is 12.1 Å². The van der Waals surface area contributed by atoms with E-state index in [2.05, 4.69) is 15.2 Å². The molecule has 3 rings (SSSR count). The normalized spacial score (nSPS) is 10.8. The molecule has 3 aromatic rings. The third-order valence-electron chi connectivity index (χ3n) is 2.93. The van der Waals surface area contributed by atoms with Gasteiger partial charge in [0, 0.05) is 18.5 Å². The number of hydrogen-bond acceptors (Lipinski definition) is 5. The fraction of sp³-hybridized carbons (Fsp3) is 0.154. The van der Waals surface area contributed by atoms with Crippen LogP contribution in [0.5, 0.6) is 11.5 Å². The van der Waals surface area contributed by atoms with Gasteiger partial charge in [0.15, 0.2) is 16.6 Å². The molecule has 0 saturated heterocycles. The van der Waals surface area contributed by atoms with Gasteiger partial charge in [0.2, 0.25) is 0 Å². The first-order chi connectivity index (χ1) is 9.74. The summed E-state index contributed by atoms with van der Waals surface area (Å²) in [4.78, 5) is 3.98. The molecule has 7 heteroatoms. The highest BCUT2D eigenvalue weighted by Crippen LogP contribution is 2.32. The van der Waals surface area contributed by atoms with Crippen LogP contribution in [0.15, 0.2) is 30.6 Å². The van der Waals surface area contributed by atoms with E-state index in [1.54, 1.807) is 37.1 Å². The molecule has 0 amide bonds. The average Bonchev–Trinajstić information content (AvgIpc) is 2.91. The summed E-state index contributed by atoms with van der Waals surface area (Å²) in [6.07, 6.45) is 3.35. The van der Waals surface area contributed by atoms with Gasteiger partial charge >= 0.3 is 0 Å². The van der Waals surface area contributed by atoms with Crippen LogP contribution in [0.25, 0.3) is 17.0 Å². The molecule has 2 aromatic heterocycles. The van der Waals surface area contributed by atoms with Gasteiger partial charge in [0.05, 0.1) is 19.8 Å². The molecule has 20 heavy (non-hydrogen) atoms. The van der Waals surface area contributed by atoms with Gasteiger partial charge in [0.25, 0.3) is 0 Å². The lowest BCUT2D eigenvalue weighted by molar-refractivity contribution is 0.395. The van der Waals surface area contributed by atoms with Crippen molar-refractivity contribution in [2.75, 3.05) is 14.2 Å². The number of fused-ring (bicyclic) bond motifs is 1. The third kappa shape index (κ3) is 1.94. The zero-order chi connectivity index (χ0) is 14.1. The maximum atomic E-state index is 5.99. The second-order valence-electron chi connectivity index (χ2n) is 4.00. The molecule has 2 heterocycles. The van der Waals surface area contributed by atoms with Gasteiger partial charge in [-0.25, -0.2) is 4.98 Å². The van der Waals surface area contributed by atoms with Crippen molar-refractivity contribution >= 4 is 17.2 Å². The second kappa shape index (κ2) is 4.97. The lowest BCUT2D eigenvalue weighted by Crippen LogP contribution is -1.95. The Balaban J connectivity index is 2.23. The van der Waals surface area contributed by atoms with Crippen LogP contribution in [0.3, 0.4) is 0 Å². The van der Waals surface area contributed by atoms with Gasteiger partial charge in [-0.15, -0.1) is 10.2 Å². The molecule has 0 unspecified atom stereocenters. The Kier molecular flexibility index (Phi) is 3.15. The largest absolute Gasteiger partial charge is 0.497 e. The molecule has 0 bridgehead atoms. The van der Waals surface area contributed by atoms with Crippen molar-refractivity contribution in [2.45, 2.75) is 0 Å². The molecule has 0 aliphatic rings. The van der Waals surface area contributed by atoms with E-state index in [1.807, 2.05) is 12.1 Å². The Morgan fingerprint density at radius 3 is 2.75 bits per heavy atom. The topological polar surface area (TPSA) is 61.5 Å². The summed E-state index contributed by atoms with van der Waals surface area (Å²) >= 11 is 5.99. The summed E-state index contributed by atoms with van der Waals surface area (Å²) in [7, 11) is 3.20. The summed E-state index contributed by atoms with van der Waals surface area (Å²) in [5, 5.41) is 8.51. The molecule has 0 aliphatic carbocycles. The Bertz CT molecular complexity index is 772. The van der Waals surface area contributed by atoms with Gasteiger partial charge in [0.1, 0.15) is 11.5 Å². The zero-order valence-electron chi connectivity index (χ0n) is 10.9. The maximum absolute atomic E-state index is 5.99. The predicted octanol–water partition coefficient (Wildman–Crippen LogP) is 2.46. The second-order valence-corrected chi connectivity index (χ2v) is 4.36. The Morgan fingerprint density at radius 2 is 2.00 bits per heavy atom. The lowest BCUT2D eigenvalue weighted by Gasteiger charge is -2.09. The first-order valence-electron chi connectivity index (χ1n) is 5.82. The lowest BCUT2D eigenvalue weighted by atomic mass is 10.2. The van der Waals surface area contributed by atoms with Crippen LogP contribution in [0, 0.1) is 0 Å². The van der Waals surface area contributed by atoms with Crippen LogP contribution in [0.2, 0.25) is 5.15 Å². The molecule has 1 aromatic carbocycles. The molecule has 102 valence electrons. The predicted molar refractivity (Wildman–Crippen MR) is 74.3 cm³/mol. The van der Waals surface area contributed by atoms with Crippen molar-refractivity contribution in [1.29, 1.82) is 0 Å². The van der Waals surface area contributed by atoms with E-state index in [9.17, 15) is 0 Å². The van der Waals surface area contributed by atoms with Crippen molar-refractivity contribution in [1.82, 2.24) is 19.6 Å². The van der Waals surface area contributed by atoms with E-state index in [-0.39, 0.29) is 0 Å². The Labute approximate surface area is 119 Å². The van der Waals surface area contributed by atoms with Gasteiger partial charge in [-0.1, -0.05) is 11.6 Å². The van der Waals surface area contributed by atoms with Crippen molar-refractivity contribution in [3.05, 3.63) is 35.7 Å². The zero-order valence-corrected chi connectivity index (χ0v) is 11.6. The summed E-state index contributed by atoms with van der Waals surface area (Å²) in [5.74, 6) is 1.98. The number of ether oxygens (including phenoxy) is 2. The summed E-state index contributed by atoms with van der Waals surface area (Å²) in [6.45, 7) is 0. The first kappa shape index (κ1) is 12.7. The van der Waals surface area contributed by atoms with E-state index >= 15 is 0 Å². The van der Waals surface area contributed by atoms with Crippen LogP contribution in [0.4, 0.5) is 0 Å². The molecule has 0 radical (unpaired) electrons. The summed E-state index contributed by atoms with van der Waals surface area (Å²) in [5.41, 5.74) is 1.30. The number of hydrogen-bond donors (Lipinski definition) is 0. The average molecular weight is 291 g/mol. The highest BCUT2D eigenvalue weighted by atomic mass is 35.5. The monoisotopic (exact) mass is 290 g/mol. The number of methoxy groups -OCH3 is 2. The number of aromatic nitrogens is 4. The minimum atomic E-state index is 0.304. The van der Waals surface area contributed by atoms with Crippen LogP contribution >= 0.6 is 11.6 Å². The number of benzene rings is 1. The number of halogens is 1. The number of nitrogens with zero attached hydrogens (tertiary/aromatic N) is 4. The Hall–Kier alpha value is -2.34. The van der Waals surface area contributed by atoms with Crippen LogP contribution in [0.1, 0.15) is 0 Å². The van der Waals surface area contributed by atoms with Crippen molar-refractivity contribution in [3.63, 3.8) is 0 Å². The van der Waals surface area contributed by atoms with Crippen molar-refractivity contribution < 1.29 is 9.47 Å². The standard InChI is InChI=1S/C13H11ClN4O2/c1-19-8-3-4-9(10(7-8)20-2)12-16-17-13-11(14)15-5-6-18(12)13/h3-7H,1-2H3. The molecule has 6 nitrogen and oxygen atoms in total. The van der Waals surface area contributed by atoms with Crippen LogP contribution < -0.4 is 9.47 Å². The highest BCUT2D eigenvalue weighted by molar-refractivity contribution is 6.32. The third-order valence-corrected chi connectivity index (χ3v) is 3.20. The van der Waals surface area contributed by atoms with E-state index in [4.69, 9.17) is 21.1 Å². The molecular weight excluding hydrogens is 280 g/mol. The fourth-order valence-electron chi connectivity index (χ4n) is 1.96. The molecule has 0 aliphatic heterocycles. The van der Waals surface area contributed by atoms with Crippen LogP contribution in [-0.2, 0) is 0 Å². The molecule has 0 spiro atoms. The van der Waals surface area contributed by atoms with E-state index in [1.165, 1.54) is 0 Å². The first-order valence-corrected chi connectivity index (χ1v) is 6.20. The molecule has 0 atom stereocenters. The quantitative estimate of drug-likeness (QED) is 0.741. The summed E-state index contributed by atoms with van der Waals surface area (Å²) in [6, 6.07) is 5.49. The fourth-order valence-corrected chi connectivity index (χ4v) is 2.15. The van der Waals surface area contributed by atoms with Gasteiger partial charge < -0.3 is 9.47 Å².